The molecule has 1 aromatic heterocycles. The van der Waals surface area contributed by atoms with E-state index in [1.807, 2.05) is 24.4 Å². The monoisotopic (exact) mass is 891 g/mol. The number of aromatic nitrogens is 1. The van der Waals surface area contributed by atoms with Gasteiger partial charge in [0, 0.05) is 71.2 Å². The van der Waals surface area contributed by atoms with E-state index in [1.165, 1.54) is 11.1 Å². The average molecular weight is 892 g/mol. The Morgan fingerprint density at radius 1 is 1.00 bits per heavy atom. The van der Waals surface area contributed by atoms with Gasteiger partial charge in [-0.05, 0) is 128 Å². The van der Waals surface area contributed by atoms with E-state index in [2.05, 4.69) is 77.6 Å². The van der Waals surface area contributed by atoms with Crippen molar-refractivity contribution in [1.82, 2.24) is 10.3 Å². The van der Waals surface area contributed by atoms with Crippen LogP contribution in [0.4, 0.5) is 0 Å². The molecule has 0 unspecified atom stereocenters. The number of aryl methyl sites for hydroxylation is 1. The average Bonchev–Trinajstić information content (AvgIpc) is 3.64. The summed E-state index contributed by atoms with van der Waals surface area (Å²) in [5.41, 5.74) is 14.2. The molecule has 0 amide bonds. The predicted octanol–water partition coefficient (Wildman–Crippen LogP) is 7.56. The molecule has 4 aliphatic carbocycles. The molecule has 2 aromatic carbocycles. The number of aliphatic hydroxyl groups excluding tert-OH is 4. The van der Waals surface area contributed by atoms with Crippen molar-refractivity contribution in [2.45, 2.75) is 108 Å². The van der Waals surface area contributed by atoms with Crippen LogP contribution in [0.3, 0.4) is 0 Å². The molecule has 3 heterocycles. The second-order valence-corrected chi connectivity index (χ2v) is 21.8. The van der Waals surface area contributed by atoms with Crippen molar-refractivity contribution in [3.05, 3.63) is 118 Å². The van der Waals surface area contributed by atoms with Crippen LogP contribution in [0, 0.1) is 52.8 Å². The number of H-pyrrole nitrogens is 1. The highest BCUT2D eigenvalue weighted by atomic mass is 33.1. The number of benzene rings is 2. The molecule has 2 aliphatic heterocycles. The standard InChI is InChI=1S/C52H65N3O6S2/c1-31(21-32-7-3-2-4-8-32)52-16-5-9-33(13-17-52)50(60)48-36(14-18-52)22-34-11-12-35-24-44(57)46(27-42(35)41(34)26-45(48)58)61-47-25-37(23-39-10-6-19-54-39)40-15-20-55-51(53)43(40)30-63-62-29-38(28-56)49(47)59/h2-4,6-8,10,15,19,22,24,27,31,33,36-38,41,45,47-50,54-60H,5,9,11-13,16-17,20-21,23,25-26,28-30,53H2,1H3/t31-,33+,36+,37-,38+,41-,45-,47+,48-,49+,50+,52+/m1/s1. The number of nitrogens with two attached hydrogens (primary N) is 1. The maximum Gasteiger partial charge on any atom is 0.161 e. The predicted molar refractivity (Wildman–Crippen MR) is 253 cm³/mol. The Morgan fingerprint density at radius 2 is 1.86 bits per heavy atom. The van der Waals surface area contributed by atoms with Gasteiger partial charge in [0.05, 0.1) is 18.3 Å². The Labute approximate surface area is 380 Å². The van der Waals surface area contributed by atoms with Gasteiger partial charge in [-0.25, -0.2) is 0 Å². The third-order valence-corrected chi connectivity index (χ3v) is 18.0. The van der Waals surface area contributed by atoms with Crippen molar-refractivity contribution in [2.24, 2.45) is 46.7 Å². The number of ether oxygens (including phenoxy) is 1. The smallest absolute Gasteiger partial charge is 0.161 e. The van der Waals surface area contributed by atoms with Crippen molar-refractivity contribution < 1.29 is 30.3 Å². The molecule has 1 saturated heterocycles. The lowest BCUT2D eigenvalue weighted by molar-refractivity contribution is -0.0346. The van der Waals surface area contributed by atoms with Crippen molar-refractivity contribution in [3.8, 4) is 23.3 Å². The van der Waals surface area contributed by atoms with Gasteiger partial charge < -0.3 is 46.3 Å². The molecule has 9 N–H and O–H groups in total. The van der Waals surface area contributed by atoms with Gasteiger partial charge in [-0.3, -0.25) is 0 Å². The minimum atomic E-state index is -1.02. The summed E-state index contributed by atoms with van der Waals surface area (Å²) in [4.78, 5) is 3.37. The molecule has 0 radical (unpaired) electrons. The molecular formula is C52H65N3O6S2. The van der Waals surface area contributed by atoms with Gasteiger partial charge in [-0.1, -0.05) is 94.8 Å². The molecule has 11 heteroatoms. The zero-order valence-electron chi connectivity index (χ0n) is 36.4. The summed E-state index contributed by atoms with van der Waals surface area (Å²) in [6, 6.07) is 18.5. The van der Waals surface area contributed by atoms with E-state index >= 15 is 0 Å². The number of aromatic amines is 1. The minimum absolute atomic E-state index is 0.00977. The normalized spacial score (nSPS) is 33.8. The SMILES string of the molecule is C[C@H](Cc1ccccc1)[C@@]12C#C[C@H]3C=C4CCc5cc(O)c(O[C@H]6C[C@@H](Cc7ccc[nH]7)C7=CCNC(N)=C7CSSC[C@H](CO)[C@@H]6O)cc5[C@@H]4C[C@@H](O)[C@@H]3[C@@H](O)[C@@H](CCC1)CC2. The first-order valence-electron chi connectivity index (χ1n) is 23.3. The summed E-state index contributed by atoms with van der Waals surface area (Å²) in [6.45, 7) is 2.75. The highest BCUT2D eigenvalue weighted by Gasteiger charge is 2.46. The molecule has 9 rings (SSSR count). The Kier molecular flexibility index (Phi) is 13.7. The quantitative estimate of drug-likeness (QED) is 0.0644. The van der Waals surface area contributed by atoms with E-state index in [4.69, 9.17) is 10.5 Å². The molecule has 0 spiro atoms. The van der Waals surface area contributed by atoms with Gasteiger partial charge in [-0.2, -0.15) is 0 Å². The summed E-state index contributed by atoms with van der Waals surface area (Å²) in [6.07, 6.45) is 12.0. The zero-order chi connectivity index (χ0) is 43.7. The van der Waals surface area contributed by atoms with Crippen LogP contribution in [0.25, 0.3) is 0 Å². The van der Waals surface area contributed by atoms with E-state index in [9.17, 15) is 25.5 Å². The summed E-state index contributed by atoms with van der Waals surface area (Å²) in [5, 5.41) is 62.4. The van der Waals surface area contributed by atoms with E-state index in [0.717, 1.165) is 79.3 Å². The Balaban J connectivity index is 1.05. The molecule has 336 valence electrons. The maximum absolute atomic E-state index is 12.3. The first kappa shape index (κ1) is 44.4. The Morgan fingerprint density at radius 3 is 2.67 bits per heavy atom. The lowest BCUT2D eigenvalue weighted by Crippen LogP contribution is -2.42. The number of hydrogen-bond donors (Lipinski definition) is 8. The third-order valence-electron chi connectivity index (χ3n) is 15.6. The number of nitrogens with one attached hydrogen (secondary N) is 2. The number of aliphatic hydroxyl groups is 4. The van der Waals surface area contributed by atoms with E-state index in [-0.39, 0.29) is 47.2 Å². The van der Waals surface area contributed by atoms with Crippen molar-refractivity contribution >= 4 is 21.6 Å². The second-order valence-electron chi connectivity index (χ2n) is 19.3. The highest BCUT2D eigenvalue weighted by Crippen LogP contribution is 2.51. The molecular weight excluding hydrogens is 827 g/mol. The number of fused-ring (bicyclic) bond motifs is 8. The highest BCUT2D eigenvalue weighted by molar-refractivity contribution is 8.76. The number of phenols is 1. The molecule has 12 atom stereocenters. The van der Waals surface area contributed by atoms with Crippen molar-refractivity contribution in [1.29, 1.82) is 0 Å². The molecule has 9 nitrogen and oxygen atoms in total. The number of phenolic OH excluding ortho intramolecular Hbond substituents is 1. The molecule has 2 bridgehead atoms. The van der Waals surface area contributed by atoms with Crippen LogP contribution in [0.1, 0.15) is 86.6 Å². The molecule has 1 saturated carbocycles. The second kappa shape index (κ2) is 19.4. The summed E-state index contributed by atoms with van der Waals surface area (Å²) in [7, 11) is 3.28. The maximum atomic E-state index is 12.3. The van der Waals surface area contributed by atoms with Crippen molar-refractivity contribution in [3.63, 3.8) is 0 Å². The fraction of sp³-hybridized carbons (Fsp3) is 0.538. The van der Waals surface area contributed by atoms with Gasteiger partial charge in [0.1, 0.15) is 11.9 Å². The number of aromatic hydroxyl groups is 1. The molecule has 3 aromatic rings. The lowest BCUT2D eigenvalue weighted by atomic mass is 9.69. The lowest BCUT2D eigenvalue weighted by Gasteiger charge is -2.35. The topological polar surface area (TPSA) is 164 Å². The van der Waals surface area contributed by atoms with Gasteiger partial charge in [0.2, 0.25) is 0 Å². The van der Waals surface area contributed by atoms with Crippen LogP contribution < -0.4 is 15.8 Å². The van der Waals surface area contributed by atoms with Gasteiger partial charge in [0.15, 0.2) is 11.5 Å². The van der Waals surface area contributed by atoms with Crippen LogP contribution in [-0.4, -0.2) is 79.6 Å². The Hall–Kier alpha value is -3.76. The van der Waals surface area contributed by atoms with Crippen LogP contribution in [0.5, 0.6) is 11.5 Å². The van der Waals surface area contributed by atoms with Crippen LogP contribution >= 0.6 is 21.6 Å². The minimum Gasteiger partial charge on any atom is -0.504 e. The number of hydrogen-bond acceptors (Lipinski definition) is 10. The van der Waals surface area contributed by atoms with Crippen LogP contribution in [-0.2, 0) is 19.3 Å². The van der Waals surface area contributed by atoms with E-state index in [0.29, 0.717) is 49.1 Å². The summed E-state index contributed by atoms with van der Waals surface area (Å²) < 4.78 is 6.87. The summed E-state index contributed by atoms with van der Waals surface area (Å²) >= 11 is 0. The molecule has 2 fully saturated rings. The number of rotatable bonds is 8. The first-order chi connectivity index (χ1) is 30.6. The third kappa shape index (κ3) is 9.37. The number of allylic oxidation sites excluding steroid dienone is 3. The summed E-state index contributed by atoms with van der Waals surface area (Å²) in [5.74, 6) is 8.88. The van der Waals surface area contributed by atoms with Crippen LogP contribution in [0.2, 0.25) is 0 Å². The van der Waals surface area contributed by atoms with Crippen molar-refractivity contribution in [2.75, 3.05) is 24.7 Å². The number of dihydropyridines is 1. The largest absolute Gasteiger partial charge is 0.504 e. The van der Waals surface area contributed by atoms with Gasteiger partial charge in [0.25, 0.3) is 0 Å². The van der Waals surface area contributed by atoms with E-state index < -0.39 is 36.3 Å². The fourth-order valence-corrected chi connectivity index (χ4v) is 14.5. The fourth-order valence-electron chi connectivity index (χ4n) is 11.9. The van der Waals surface area contributed by atoms with E-state index in [1.54, 1.807) is 21.6 Å². The molecule has 63 heavy (non-hydrogen) atoms. The van der Waals surface area contributed by atoms with Crippen LogP contribution in [0.15, 0.2) is 95.5 Å². The van der Waals surface area contributed by atoms with Gasteiger partial charge >= 0.3 is 0 Å². The zero-order valence-corrected chi connectivity index (χ0v) is 38.1. The first-order valence-corrected chi connectivity index (χ1v) is 25.8. The molecule has 6 aliphatic rings. The Bertz CT molecular complexity index is 2230. The van der Waals surface area contributed by atoms with Gasteiger partial charge in [-0.15, -0.1) is 0 Å².